The Hall–Kier alpha value is -3.58. The van der Waals surface area contributed by atoms with Crippen LogP contribution in [0, 0.1) is 5.92 Å². The van der Waals surface area contributed by atoms with Gasteiger partial charge in [0.25, 0.3) is 0 Å². The zero-order chi connectivity index (χ0) is 30.9. The van der Waals surface area contributed by atoms with Crippen LogP contribution in [0.4, 0.5) is 4.79 Å². The minimum Gasteiger partial charge on any atom is -0.507 e. The van der Waals surface area contributed by atoms with Gasteiger partial charge in [-0.2, -0.15) is 0 Å². The molecule has 0 saturated carbocycles. The molecule has 1 amide bonds. The number of fused-ring (bicyclic) bond motifs is 1. The van der Waals surface area contributed by atoms with Crippen molar-refractivity contribution in [1.29, 1.82) is 0 Å². The number of nitrogens with one attached hydrogen (secondary N) is 1. The summed E-state index contributed by atoms with van der Waals surface area (Å²) < 4.78 is 11.0. The number of allylic oxidation sites excluding steroid dienone is 7. The quantitative estimate of drug-likeness (QED) is 0.175. The lowest BCUT2D eigenvalue weighted by Crippen LogP contribution is -2.28. The molecule has 0 radical (unpaired) electrons. The Kier molecular flexibility index (Phi) is 17.7. The number of aromatic hydroxyl groups is 1. The Morgan fingerprint density at radius 1 is 1.07 bits per heavy atom. The summed E-state index contributed by atoms with van der Waals surface area (Å²) in [5.74, 6) is -0.799. The van der Waals surface area contributed by atoms with E-state index in [0.29, 0.717) is 18.4 Å². The second-order valence-electron chi connectivity index (χ2n) is 11.4. The van der Waals surface area contributed by atoms with Gasteiger partial charge in [0.2, 0.25) is 0 Å². The lowest BCUT2D eigenvalue weighted by Gasteiger charge is -2.24. The van der Waals surface area contributed by atoms with Crippen molar-refractivity contribution in [2.24, 2.45) is 5.92 Å². The van der Waals surface area contributed by atoms with E-state index in [1.54, 1.807) is 18.2 Å². The van der Waals surface area contributed by atoms with Gasteiger partial charge in [-0.05, 0) is 89.8 Å². The van der Waals surface area contributed by atoms with Gasteiger partial charge >= 0.3 is 12.1 Å². The van der Waals surface area contributed by atoms with Crippen LogP contribution < -0.4 is 5.32 Å². The lowest BCUT2D eigenvalue weighted by atomic mass is 9.94. The van der Waals surface area contributed by atoms with Crippen LogP contribution in [0.15, 0.2) is 77.6 Å². The minimum absolute atomic E-state index is 0. The number of esters is 1. The third-order valence-electron chi connectivity index (χ3n) is 7.27. The predicted octanol–water partition coefficient (Wildman–Crippen LogP) is 8.49. The minimum atomic E-state index is -0.682. The molecule has 1 aliphatic rings. The van der Waals surface area contributed by atoms with E-state index in [9.17, 15) is 19.8 Å². The number of phenols is 1. The molecule has 1 aromatic carbocycles. The molecule has 1 aliphatic heterocycles. The number of amides is 1. The van der Waals surface area contributed by atoms with E-state index in [1.165, 1.54) is 23.4 Å². The highest BCUT2D eigenvalue weighted by Crippen LogP contribution is 2.26. The number of alkyl carbamates (subject to hydrolysis) is 1. The van der Waals surface area contributed by atoms with Crippen LogP contribution in [-0.4, -0.2) is 41.1 Å². The first-order valence-electron chi connectivity index (χ1n) is 14.9. The number of benzene rings is 1. The van der Waals surface area contributed by atoms with E-state index in [2.05, 4.69) is 38.2 Å². The average molecular weight is 596 g/mol. The Labute approximate surface area is 259 Å². The number of aliphatic hydroxyl groups excluding tert-OH is 1. The van der Waals surface area contributed by atoms with Gasteiger partial charge in [0.1, 0.15) is 24.0 Å². The van der Waals surface area contributed by atoms with Crippen LogP contribution in [0.5, 0.6) is 5.75 Å². The van der Waals surface area contributed by atoms with Gasteiger partial charge in [-0.15, -0.1) is 0 Å². The SMILES string of the molecule is C.CC(C)=CCC/C(C)=C/CC/C(C)=C/COC(=O)N/C=C/C[C@H]1C[C@@H](O)[C@@H](C)C/C=C/Cc2cccc(O)c2C(=O)O1. The normalized spacial score (nSPS) is 20.5. The molecule has 1 aromatic rings. The summed E-state index contributed by atoms with van der Waals surface area (Å²) in [6.45, 7) is 10.6. The molecule has 7 heteroatoms. The molecule has 238 valence electrons. The molecule has 0 aliphatic carbocycles. The van der Waals surface area contributed by atoms with Crippen LogP contribution in [-0.2, 0) is 15.9 Å². The third-order valence-corrected chi connectivity index (χ3v) is 7.27. The first kappa shape index (κ1) is 37.4. The molecular formula is C36H53NO6. The summed E-state index contributed by atoms with van der Waals surface area (Å²) in [5, 5.41) is 23.6. The summed E-state index contributed by atoms with van der Waals surface area (Å²) in [4.78, 5) is 25.1. The number of aliphatic hydroxyl groups is 1. The van der Waals surface area contributed by atoms with Crippen molar-refractivity contribution < 1.29 is 29.3 Å². The number of ether oxygens (including phenoxy) is 2. The number of carbonyl (C=O) groups excluding carboxylic acids is 2. The molecule has 1 heterocycles. The summed E-state index contributed by atoms with van der Waals surface area (Å²) in [5.41, 5.74) is 4.70. The van der Waals surface area contributed by atoms with Crippen molar-refractivity contribution in [3.8, 4) is 5.75 Å². The monoisotopic (exact) mass is 595 g/mol. The first-order valence-corrected chi connectivity index (χ1v) is 14.9. The highest BCUT2D eigenvalue weighted by molar-refractivity contribution is 5.94. The van der Waals surface area contributed by atoms with Crippen molar-refractivity contribution >= 4 is 12.1 Å². The second-order valence-corrected chi connectivity index (χ2v) is 11.4. The maximum Gasteiger partial charge on any atom is 0.411 e. The van der Waals surface area contributed by atoms with Crippen LogP contribution in [0.2, 0.25) is 0 Å². The Balaban J connectivity index is 0.00000924. The predicted molar refractivity (Wildman–Crippen MR) is 175 cm³/mol. The molecular weight excluding hydrogens is 542 g/mol. The molecule has 3 N–H and O–H groups in total. The van der Waals surface area contributed by atoms with Crippen molar-refractivity contribution in [3.05, 3.63) is 88.7 Å². The van der Waals surface area contributed by atoms with Crippen molar-refractivity contribution in [3.63, 3.8) is 0 Å². The third kappa shape index (κ3) is 14.9. The number of rotatable bonds is 11. The summed E-state index contributed by atoms with van der Waals surface area (Å²) in [6.07, 6.45) is 17.2. The van der Waals surface area contributed by atoms with Gasteiger partial charge in [0, 0.05) is 19.0 Å². The number of phenolic OH excluding ortho intramolecular Hbond substituents is 1. The summed E-state index contributed by atoms with van der Waals surface area (Å²) in [6, 6.07) is 4.95. The van der Waals surface area contributed by atoms with Crippen molar-refractivity contribution in [1.82, 2.24) is 5.32 Å². The molecule has 0 aromatic heterocycles. The standard InChI is InChI=1S/C35H49NO6.CH4/c1-25(2)12-8-13-26(3)14-9-15-27(4)21-23-41-35(40)36-22-11-19-30-24-32(38)28(5)16-6-7-17-29-18-10-20-31(37)33(29)34(39)42-30;/h6-7,10-12,14,18,20-22,28,30,32,37-38H,8-9,13,15-17,19,23-24H2,1-5H3,(H,36,40);1H4/b7-6+,22-11+,26-14+,27-21+;/t28-,30-,32+;/m0./s1. The Morgan fingerprint density at radius 3 is 2.49 bits per heavy atom. The van der Waals surface area contributed by atoms with Gasteiger partial charge in [0.15, 0.2) is 0 Å². The Bertz CT molecular complexity index is 1170. The second kappa shape index (κ2) is 20.3. The molecule has 2 rings (SSSR count). The number of hydrogen-bond acceptors (Lipinski definition) is 6. The fourth-order valence-corrected chi connectivity index (χ4v) is 4.56. The molecule has 0 spiro atoms. The van der Waals surface area contributed by atoms with Gasteiger partial charge in [-0.25, -0.2) is 9.59 Å². The molecule has 0 fully saturated rings. The molecule has 0 bridgehead atoms. The van der Waals surface area contributed by atoms with Crippen LogP contribution in [0.1, 0.15) is 103 Å². The lowest BCUT2D eigenvalue weighted by molar-refractivity contribution is 0.00677. The average Bonchev–Trinajstić information content (AvgIpc) is 2.92. The maximum atomic E-state index is 13.0. The highest BCUT2D eigenvalue weighted by atomic mass is 16.5. The highest BCUT2D eigenvalue weighted by Gasteiger charge is 2.25. The Morgan fingerprint density at radius 2 is 1.77 bits per heavy atom. The molecule has 0 unspecified atom stereocenters. The topological polar surface area (TPSA) is 105 Å². The molecule has 7 nitrogen and oxygen atoms in total. The fourth-order valence-electron chi connectivity index (χ4n) is 4.56. The van der Waals surface area contributed by atoms with E-state index < -0.39 is 24.3 Å². The van der Waals surface area contributed by atoms with Crippen LogP contribution in [0.25, 0.3) is 0 Å². The number of cyclic esters (lactones) is 1. The van der Waals surface area contributed by atoms with Gasteiger partial charge < -0.3 is 19.7 Å². The smallest absolute Gasteiger partial charge is 0.411 e. The van der Waals surface area contributed by atoms with Crippen molar-refractivity contribution in [2.75, 3.05) is 6.61 Å². The zero-order valence-electron chi connectivity index (χ0n) is 25.9. The number of carbonyl (C=O) groups is 2. The van der Waals surface area contributed by atoms with E-state index in [4.69, 9.17) is 9.47 Å². The van der Waals surface area contributed by atoms with Gasteiger partial charge in [-0.3, -0.25) is 5.32 Å². The first-order chi connectivity index (χ1) is 20.1. The molecule has 3 atom stereocenters. The van der Waals surface area contributed by atoms with E-state index in [1.807, 2.05) is 32.1 Å². The van der Waals surface area contributed by atoms with Crippen LogP contribution >= 0.6 is 0 Å². The number of hydrogen-bond donors (Lipinski definition) is 3. The van der Waals surface area contributed by atoms with E-state index in [-0.39, 0.29) is 44.1 Å². The summed E-state index contributed by atoms with van der Waals surface area (Å²) in [7, 11) is 0. The van der Waals surface area contributed by atoms with E-state index in [0.717, 1.165) is 31.3 Å². The molecule has 43 heavy (non-hydrogen) atoms. The molecule has 0 saturated heterocycles. The summed E-state index contributed by atoms with van der Waals surface area (Å²) >= 11 is 0. The zero-order valence-corrected chi connectivity index (χ0v) is 25.9. The van der Waals surface area contributed by atoms with E-state index >= 15 is 0 Å². The largest absolute Gasteiger partial charge is 0.507 e. The van der Waals surface area contributed by atoms with Crippen LogP contribution in [0.3, 0.4) is 0 Å². The van der Waals surface area contributed by atoms with Gasteiger partial charge in [0.05, 0.1) is 6.10 Å². The van der Waals surface area contributed by atoms with Crippen molar-refractivity contribution in [2.45, 2.75) is 106 Å². The van der Waals surface area contributed by atoms with Gasteiger partial charge in [-0.1, -0.05) is 73.6 Å². The fraction of sp³-hybridized carbons (Fsp3) is 0.500. The maximum absolute atomic E-state index is 13.0.